The first-order valence-corrected chi connectivity index (χ1v) is 10.5. The van der Waals surface area contributed by atoms with Crippen molar-refractivity contribution in [2.24, 2.45) is 7.05 Å². The summed E-state index contributed by atoms with van der Waals surface area (Å²) in [6, 6.07) is 14.4. The zero-order valence-corrected chi connectivity index (χ0v) is 17.4. The second kappa shape index (κ2) is 7.52. The van der Waals surface area contributed by atoms with Crippen molar-refractivity contribution in [2.45, 2.75) is 25.2 Å². The van der Waals surface area contributed by atoms with Crippen LogP contribution in [-0.2, 0) is 11.8 Å². The summed E-state index contributed by atoms with van der Waals surface area (Å²) in [6.07, 6.45) is 4.85. The van der Waals surface area contributed by atoms with Gasteiger partial charge in [0.05, 0.1) is 18.5 Å². The molecule has 1 N–H and O–H groups in total. The largest absolute Gasteiger partial charge is 0.495 e. The fourth-order valence-electron chi connectivity index (χ4n) is 4.71. The molecule has 0 radical (unpaired) electrons. The number of hydrogen-bond donors (Lipinski definition) is 1. The van der Waals surface area contributed by atoms with Crippen LogP contribution in [0.5, 0.6) is 5.75 Å². The summed E-state index contributed by atoms with van der Waals surface area (Å²) in [4.78, 5) is 15.0. The van der Waals surface area contributed by atoms with Crippen LogP contribution in [0.25, 0.3) is 11.3 Å². The molecule has 6 heteroatoms. The van der Waals surface area contributed by atoms with Crippen LogP contribution in [-0.4, -0.2) is 35.9 Å². The van der Waals surface area contributed by atoms with E-state index >= 15 is 0 Å². The van der Waals surface area contributed by atoms with Crippen molar-refractivity contribution in [3.05, 3.63) is 59.8 Å². The second-order valence-corrected chi connectivity index (χ2v) is 8.08. The highest BCUT2D eigenvalue weighted by Crippen LogP contribution is 2.45. The molecular formula is C24H26N4O2. The van der Waals surface area contributed by atoms with Crippen molar-refractivity contribution >= 4 is 17.3 Å². The van der Waals surface area contributed by atoms with E-state index < -0.39 is 0 Å². The Labute approximate surface area is 176 Å². The first-order chi connectivity index (χ1) is 14.6. The summed E-state index contributed by atoms with van der Waals surface area (Å²) in [6.45, 7) is 2.07. The number of carbonyl (C=O) groups excluding carboxylic acids is 1. The molecule has 0 saturated carbocycles. The number of amides is 1. The van der Waals surface area contributed by atoms with E-state index in [0.717, 1.165) is 52.6 Å². The smallest absolute Gasteiger partial charge is 0.225 e. The lowest BCUT2D eigenvalue weighted by atomic mass is 9.83. The molecule has 1 unspecified atom stereocenters. The summed E-state index contributed by atoms with van der Waals surface area (Å²) < 4.78 is 7.53. The first kappa shape index (κ1) is 18.7. The number of rotatable bonds is 4. The standard InChI is InChI=1S/C24H26N4O2/c1-27-15-19(24(26-27)16-8-4-3-5-9-16)17-13-23(29)25-20-14-22(30-2)21(12-18(17)20)28-10-6-7-11-28/h3-5,8-9,12,14-15,17H,6-7,10-11,13H2,1-2H3,(H,25,29). The minimum atomic E-state index is -0.0510. The van der Waals surface area contributed by atoms with Crippen molar-refractivity contribution in [3.8, 4) is 17.0 Å². The van der Waals surface area contributed by atoms with E-state index in [0.29, 0.717) is 6.42 Å². The lowest BCUT2D eigenvalue weighted by Crippen LogP contribution is -2.25. The minimum absolute atomic E-state index is 0.0198. The van der Waals surface area contributed by atoms with Crippen molar-refractivity contribution in [1.82, 2.24) is 9.78 Å². The van der Waals surface area contributed by atoms with Crippen LogP contribution in [0, 0.1) is 0 Å². The molecule has 3 heterocycles. The van der Waals surface area contributed by atoms with Crippen LogP contribution < -0.4 is 15.0 Å². The summed E-state index contributed by atoms with van der Waals surface area (Å²) in [5, 5.41) is 7.79. The molecule has 1 saturated heterocycles. The van der Waals surface area contributed by atoms with Gasteiger partial charge in [-0.15, -0.1) is 0 Å². The van der Waals surface area contributed by atoms with Gasteiger partial charge in [-0.05, 0) is 24.5 Å². The van der Waals surface area contributed by atoms with Gasteiger partial charge in [-0.25, -0.2) is 0 Å². The van der Waals surface area contributed by atoms with Crippen LogP contribution >= 0.6 is 0 Å². The van der Waals surface area contributed by atoms with Crippen molar-refractivity contribution in [3.63, 3.8) is 0 Å². The number of ether oxygens (including phenoxy) is 1. The van der Waals surface area contributed by atoms with Gasteiger partial charge in [-0.3, -0.25) is 9.48 Å². The summed E-state index contributed by atoms with van der Waals surface area (Å²) in [5.41, 5.74) is 6.15. The van der Waals surface area contributed by atoms with Crippen molar-refractivity contribution in [1.29, 1.82) is 0 Å². The van der Waals surface area contributed by atoms with Crippen molar-refractivity contribution < 1.29 is 9.53 Å². The predicted molar refractivity (Wildman–Crippen MR) is 118 cm³/mol. The van der Waals surface area contributed by atoms with Gasteiger partial charge >= 0.3 is 0 Å². The Morgan fingerprint density at radius 2 is 1.87 bits per heavy atom. The maximum Gasteiger partial charge on any atom is 0.225 e. The number of methoxy groups -OCH3 is 1. The zero-order chi connectivity index (χ0) is 20.7. The van der Waals surface area contributed by atoms with E-state index in [-0.39, 0.29) is 11.8 Å². The Morgan fingerprint density at radius 3 is 2.60 bits per heavy atom. The highest BCUT2D eigenvalue weighted by molar-refractivity contribution is 5.96. The zero-order valence-electron chi connectivity index (χ0n) is 17.4. The van der Waals surface area contributed by atoms with Gasteiger partial charge in [0.2, 0.25) is 5.91 Å². The molecule has 30 heavy (non-hydrogen) atoms. The summed E-state index contributed by atoms with van der Waals surface area (Å²) in [5.74, 6) is 0.780. The Bertz CT molecular complexity index is 1080. The topological polar surface area (TPSA) is 59.4 Å². The second-order valence-electron chi connectivity index (χ2n) is 8.08. The van der Waals surface area contributed by atoms with Crippen LogP contribution in [0.1, 0.15) is 36.3 Å². The van der Waals surface area contributed by atoms with E-state index in [2.05, 4.69) is 34.6 Å². The van der Waals surface area contributed by atoms with Gasteiger partial charge in [-0.1, -0.05) is 30.3 Å². The molecule has 2 aromatic carbocycles. The van der Waals surface area contributed by atoms with Crippen LogP contribution in [0.15, 0.2) is 48.7 Å². The monoisotopic (exact) mass is 402 g/mol. The lowest BCUT2D eigenvalue weighted by Gasteiger charge is -2.29. The van der Waals surface area contributed by atoms with Crippen LogP contribution in [0.2, 0.25) is 0 Å². The Kier molecular flexibility index (Phi) is 4.69. The Hall–Kier alpha value is -3.28. The molecule has 6 nitrogen and oxygen atoms in total. The van der Waals surface area contributed by atoms with Crippen LogP contribution in [0.4, 0.5) is 11.4 Å². The molecular weight excluding hydrogens is 376 g/mol. The first-order valence-electron chi connectivity index (χ1n) is 10.5. The molecule has 2 aliphatic rings. The number of hydrogen-bond acceptors (Lipinski definition) is 4. The number of carbonyl (C=O) groups is 1. The maximum atomic E-state index is 12.6. The maximum absolute atomic E-state index is 12.6. The van der Waals surface area contributed by atoms with E-state index in [1.54, 1.807) is 7.11 Å². The van der Waals surface area contributed by atoms with Crippen LogP contribution in [0.3, 0.4) is 0 Å². The molecule has 0 aliphatic carbocycles. The fourth-order valence-corrected chi connectivity index (χ4v) is 4.71. The van der Waals surface area contributed by atoms with Gasteiger partial charge in [0, 0.05) is 61.6 Å². The predicted octanol–water partition coefficient (Wildman–Crippen LogP) is 4.17. The number of aryl methyl sites for hydroxylation is 1. The third-order valence-corrected chi connectivity index (χ3v) is 6.12. The minimum Gasteiger partial charge on any atom is -0.495 e. The number of nitrogens with one attached hydrogen (secondary N) is 1. The summed E-state index contributed by atoms with van der Waals surface area (Å²) >= 11 is 0. The molecule has 1 amide bonds. The Morgan fingerprint density at radius 1 is 1.10 bits per heavy atom. The summed E-state index contributed by atoms with van der Waals surface area (Å²) in [7, 11) is 3.63. The quantitative estimate of drug-likeness (QED) is 0.712. The van der Waals surface area contributed by atoms with Gasteiger partial charge in [0.15, 0.2) is 0 Å². The van der Waals surface area contributed by atoms with Gasteiger partial charge in [0.25, 0.3) is 0 Å². The van der Waals surface area contributed by atoms with E-state index in [1.807, 2.05) is 36.0 Å². The normalized spacial score (nSPS) is 18.3. The average Bonchev–Trinajstić information content (AvgIpc) is 3.42. The SMILES string of the molecule is COc1cc2c(cc1N1CCCC1)C(c1cn(C)nc1-c1ccccc1)CC(=O)N2. The molecule has 3 aromatic rings. The highest BCUT2D eigenvalue weighted by Gasteiger charge is 2.32. The number of aromatic nitrogens is 2. The van der Waals surface area contributed by atoms with E-state index in [9.17, 15) is 4.79 Å². The highest BCUT2D eigenvalue weighted by atomic mass is 16.5. The number of benzene rings is 2. The van der Waals surface area contributed by atoms with Gasteiger partial charge in [-0.2, -0.15) is 5.10 Å². The molecule has 154 valence electrons. The molecule has 0 bridgehead atoms. The number of anilines is 2. The third-order valence-electron chi connectivity index (χ3n) is 6.12. The molecule has 2 aliphatic heterocycles. The molecule has 1 atom stereocenters. The van der Waals surface area contributed by atoms with E-state index in [4.69, 9.17) is 9.84 Å². The Balaban J connectivity index is 1.66. The molecule has 0 spiro atoms. The van der Waals surface area contributed by atoms with E-state index in [1.165, 1.54) is 12.8 Å². The number of fused-ring (bicyclic) bond motifs is 1. The molecule has 1 aromatic heterocycles. The lowest BCUT2D eigenvalue weighted by molar-refractivity contribution is -0.116. The third kappa shape index (κ3) is 3.22. The average molecular weight is 402 g/mol. The number of nitrogens with zero attached hydrogens (tertiary/aromatic N) is 3. The fraction of sp³-hybridized carbons (Fsp3) is 0.333. The van der Waals surface area contributed by atoms with Crippen molar-refractivity contribution in [2.75, 3.05) is 30.4 Å². The van der Waals surface area contributed by atoms with Gasteiger partial charge < -0.3 is 15.0 Å². The van der Waals surface area contributed by atoms with Gasteiger partial charge in [0.1, 0.15) is 5.75 Å². The molecule has 1 fully saturated rings. The molecule has 5 rings (SSSR count).